The monoisotopic (exact) mass is 595 g/mol. The molecule has 2 aliphatic rings. The van der Waals surface area contributed by atoms with Gasteiger partial charge in [0.1, 0.15) is 12.5 Å². The third-order valence-corrected chi connectivity index (χ3v) is 7.95. The summed E-state index contributed by atoms with van der Waals surface area (Å²) in [6.45, 7) is 8.20. The average Bonchev–Trinajstić information content (AvgIpc) is 2.85. The second-order valence-electron chi connectivity index (χ2n) is 8.84. The van der Waals surface area contributed by atoms with Crippen LogP contribution in [0.3, 0.4) is 0 Å². The molecule has 1 N–H and O–H groups in total. The maximum absolute atomic E-state index is 13.9. The predicted molar refractivity (Wildman–Crippen MR) is 146 cm³/mol. The first-order valence-corrected chi connectivity index (χ1v) is 14.2. The molecule has 1 aromatic carbocycles. The second kappa shape index (κ2) is 12.9. The van der Waals surface area contributed by atoms with Crippen LogP contribution in [0.1, 0.15) is 45.6 Å². The number of esters is 2. The van der Waals surface area contributed by atoms with E-state index in [-0.39, 0.29) is 18.3 Å². The van der Waals surface area contributed by atoms with Crippen molar-refractivity contribution in [1.82, 2.24) is 5.32 Å². The number of ether oxygens (including phenoxy) is 4. The molecular weight excluding hydrogens is 562 g/mol. The first-order chi connectivity index (χ1) is 17.7. The highest BCUT2D eigenvalue weighted by atomic mass is 79.9. The number of rotatable bonds is 10. The number of allylic oxidation sites excluding steroid dienone is 3. The van der Waals surface area contributed by atoms with Crippen molar-refractivity contribution in [3.63, 3.8) is 0 Å². The van der Waals surface area contributed by atoms with Crippen molar-refractivity contribution in [3.05, 3.63) is 44.7 Å². The Bertz CT molecular complexity index is 1130. The lowest BCUT2D eigenvalue weighted by Gasteiger charge is -2.38. The molecule has 3 rings (SSSR count). The highest BCUT2D eigenvalue weighted by Gasteiger charge is 2.47. The van der Waals surface area contributed by atoms with Crippen LogP contribution >= 0.6 is 27.7 Å². The molecule has 37 heavy (non-hydrogen) atoms. The van der Waals surface area contributed by atoms with Crippen LogP contribution in [0.5, 0.6) is 11.5 Å². The van der Waals surface area contributed by atoms with Gasteiger partial charge in [0.25, 0.3) is 0 Å². The SMILES string of the molecule is CCOc1cc([C@@H]2C(C(=O)OCCSCC)=C(C)NC3=C2C(=O)[C@H](C(=O)OC)[C@@H](C)C3)cc(Br)c1OC. The van der Waals surface area contributed by atoms with Crippen LogP contribution in [-0.4, -0.2) is 56.7 Å². The van der Waals surface area contributed by atoms with E-state index >= 15 is 0 Å². The van der Waals surface area contributed by atoms with E-state index in [1.165, 1.54) is 7.11 Å². The van der Waals surface area contributed by atoms with Gasteiger partial charge in [0.15, 0.2) is 17.3 Å². The van der Waals surface area contributed by atoms with Crippen molar-refractivity contribution in [2.45, 2.75) is 40.0 Å². The van der Waals surface area contributed by atoms with Crippen molar-refractivity contribution in [1.29, 1.82) is 0 Å². The Kier molecular flexibility index (Phi) is 10.1. The maximum Gasteiger partial charge on any atom is 0.336 e. The number of carbonyl (C=O) groups excluding carboxylic acids is 3. The second-order valence-corrected chi connectivity index (χ2v) is 11.1. The fourth-order valence-electron chi connectivity index (χ4n) is 4.92. The first kappa shape index (κ1) is 29.1. The number of carbonyl (C=O) groups is 3. The lowest BCUT2D eigenvalue weighted by molar-refractivity contribution is -0.151. The van der Waals surface area contributed by atoms with E-state index in [1.54, 1.807) is 31.9 Å². The number of benzene rings is 1. The molecule has 10 heteroatoms. The van der Waals surface area contributed by atoms with Gasteiger partial charge in [-0.3, -0.25) is 9.59 Å². The summed E-state index contributed by atoms with van der Waals surface area (Å²) in [7, 11) is 2.82. The third kappa shape index (κ3) is 6.00. The van der Waals surface area contributed by atoms with Gasteiger partial charge in [-0.05, 0) is 65.6 Å². The summed E-state index contributed by atoms with van der Waals surface area (Å²) in [5.41, 5.74) is 2.65. The summed E-state index contributed by atoms with van der Waals surface area (Å²) in [5.74, 6) is -0.875. The zero-order valence-electron chi connectivity index (χ0n) is 22.1. The minimum atomic E-state index is -0.960. The van der Waals surface area contributed by atoms with Gasteiger partial charge in [0.2, 0.25) is 0 Å². The van der Waals surface area contributed by atoms with Gasteiger partial charge >= 0.3 is 11.9 Å². The highest BCUT2D eigenvalue weighted by molar-refractivity contribution is 9.10. The molecule has 1 heterocycles. The van der Waals surface area contributed by atoms with E-state index < -0.39 is 23.8 Å². The molecule has 8 nitrogen and oxygen atoms in total. The summed E-state index contributed by atoms with van der Waals surface area (Å²) in [6.07, 6.45) is 0.458. The van der Waals surface area contributed by atoms with Crippen LogP contribution in [0.25, 0.3) is 0 Å². The average molecular weight is 597 g/mol. The molecule has 0 saturated heterocycles. The molecule has 0 saturated carbocycles. The molecule has 3 atom stereocenters. The third-order valence-electron chi connectivity index (χ3n) is 6.50. The maximum atomic E-state index is 13.9. The van der Waals surface area contributed by atoms with Gasteiger partial charge in [-0.15, -0.1) is 0 Å². The molecule has 0 bridgehead atoms. The van der Waals surface area contributed by atoms with Crippen LogP contribution in [0, 0.1) is 11.8 Å². The summed E-state index contributed by atoms with van der Waals surface area (Å²) in [4.78, 5) is 40.0. The van der Waals surface area contributed by atoms with Gasteiger partial charge < -0.3 is 24.3 Å². The summed E-state index contributed by atoms with van der Waals surface area (Å²) < 4.78 is 22.6. The molecule has 0 fully saturated rings. The zero-order chi connectivity index (χ0) is 27.3. The topological polar surface area (TPSA) is 100 Å². The van der Waals surface area contributed by atoms with Crippen molar-refractivity contribution >= 4 is 45.4 Å². The standard InChI is InChI=1S/C27H34BrNO7S/c1-7-35-19-13-16(12-17(28)25(19)33-5)22-21(27(32)36-9-10-37-8-2)15(4)29-18-11-14(3)20(26(31)34-6)24(30)23(18)22/h12-14,20,22,29H,7-11H2,1-6H3/t14-,20+,22+/m0/s1. The minimum Gasteiger partial charge on any atom is -0.492 e. The Labute approximate surface area is 230 Å². The number of halogens is 1. The Hall–Kier alpha value is -2.46. The zero-order valence-corrected chi connectivity index (χ0v) is 24.5. The number of nitrogens with one attached hydrogen (secondary N) is 1. The molecule has 1 aliphatic carbocycles. The van der Waals surface area contributed by atoms with Gasteiger partial charge in [0.05, 0.1) is 30.9 Å². The molecule has 0 spiro atoms. The van der Waals surface area contributed by atoms with E-state index in [1.807, 2.05) is 26.8 Å². The van der Waals surface area contributed by atoms with E-state index in [0.717, 1.165) is 5.75 Å². The lowest BCUT2D eigenvalue weighted by atomic mass is 9.69. The Morgan fingerprint density at radius 3 is 2.57 bits per heavy atom. The number of methoxy groups -OCH3 is 2. The van der Waals surface area contributed by atoms with E-state index in [0.29, 0.717) is 62.9 Å². The highest BCUT2D eigenvalue weighted by Crippen LogP contribution is 2.48. The number of Topliss-reactive ketones (excluding diaryl/α,β-unsaturated/α-hetero) is 1. The Morgan fingerprint density at radius 2 is 1.95 bits per heavy atom. The molecule has 0 unspecified atom stereocenters. The van der Waals surface area contributed by atoms with Crippen molar-refractivity contribution in [2.24, 2.45) is 11.8 Å². The van der Waals surface area contributed by atoms with Crippen LogP contribution in [0.4, 0.5) is 0 Å². The quantitative estimate of drug-likeness (QED) is 0.233. The minimum absolute atomic E-state index is 0.249. The largest absolute Gasteiger partial charge is 0.492 e. The number of thioether (sulfide) groups is 1. The van der Waals surface area contributed by atoms with Crippen LogP contribution in [0.2, 0.25) is 0 Å². The van der Waals surface area contributed by atoms with Crippen LogP contribution in [0.15, 0.2) is 39.1 Å². The van der Waals surface area contributed by atoms with Crippen LogP contribution < -0.4 is 14.8 Å². The van der Waals surface area contributed by atoms with Crippen molar-refractivity contribution < 1.29 is 33.3 Å². The van der Waals surface area contributed by atoms with Gasteiger partial charge in [-0.25, -0.2) is 4.79 Å². The van der Waals surface area contributed by atoms with Crippen LogP contribution in [-0.2, 0) is 23.9 Å². The predicted octanol–water partition coefficient (Wildman–Crippen LogP) is 4.77. The summed E-state index contributed by atoms with van der Waals surface area (Å²) in [5, 5.41) is 3.28. The summed E-state index contributed by atoms with van der Waals surface area (Å²) >= 11 is 5.23. The fourth-order valence-corrected chi connectivity index (χ4v) is 6.03. The van der Waals surface area contributed by atoms with E-state index in [4.69, 9.17) is 18.9 Å². The summed E-state index contributed by atoms with van der Waals surface area (Å²) in [6, 6.07) is 3.59. The first-order valence-electron chi connectivity index (χ1n) is 12.3. The number of ketones is 1. The smallest absolute Gasteiger partial charge is 0.336 e. The Morgan fingerprint density at radius 1 is 1.22 bits per heavy atom. The van der Waals surface area contributed by atoms with Crippen molar-refractivity contribution in [2.75, 3.05) is 38.9 Å². The Balaban J connectivity index is 2.19. The molecule has 202 valence electrons. The van der Waals surface area contributed by atoms with E-state index in [9.17, 15) is 14.4 Å². The molecular formula is C27H34BrNO7S. The normalized spacial score (nSPS) is 21.3. The number of hydrogen-bond acceptors (Lipinski definition) is 9. The van der Waals surface area contributed by atoms with Gasteiger partial charge in [0, 0.05) is 28.6 Å². The molecule has 0 radical (unpaired) electrons. The van der Waals surface area contributed by atoms with E-state index in [2.05, 4.69) is 21.2 Å². The van der Waals surface area contributed by atoms with Gasteiger partial charge in [-0.1, -0.05) is 13.8 Å². The fraction of sp³-hybridized carbons (Fsp3) is 0.519. The molecule has 0 amide bonds. The number of hydrogen-bond donors (Lipinski definition) is 1. The van der Waals surface area contributed by atoms with Crippen molar-refractivity contribution in [3.8, 4) is 11.5 Å². The lowest BCUT2D eigenvalue weighted by Crippen LogP contribution is -2.43. The molecule has 1 aromatic rings. The molecule has 1 aliphatic heterocycles. The van der Waals surface area contributed by atoms with Gasteiger partial charge in [-0.2, -0.15) is 11.8 Å². The number of dihydropyridines is 1. The molecule has 0 aromatic heterocycles.